The van der Waals surface area contributed by atoms with Crippen molar-refractivity contribution in [2.24, 2.45) is 0 Å². The van der Waals surface area contributed by atoms with Crippen molar-refractivity contribution in [2.45, 2.75) is 19.8 Å². The smallest absolute Gasteiger partial charge is 0.346 e. The minimum absolute atomic E-state index is 0.254. The van der Waals surface area contributed by atoms with Gasteiger partial charge >= 0.3 is 5.97 Å². The van der Waals surface area contributed by atoms with Gasteiger partial charge in [-0.1, -0.05) is 43.6 Å². The van der Waals surface area contributed by atoms with E-state index in [2.05, 4.69) is 13.8 Å². The van der Waals surface area contributed by atoms with E-state index in [1.165, 1.54) is 6.08 Å². The number of ether oxygens (including phenoxy) is 2. The Hall–Kier alpha value is -2.97. The summed E-state index contributed by atoms with van der Waals surface area (Å²) in [4.78, 5) is 11.1. The monoisotopic (exact) mass is 385 g/mol. The van der Waals surface area contributed by atoms with Crippen LogP contribution in [0, 0.1) is 11.3 Å². The normalized spacial score (nSPS) is 11.1. The minimum Gasteiger partial charge on any atom is -0.490 e. The Morgan fingerprint density at radius 3 is 2.48 bits per heavy atom. The third kappa shape index (κ3) is 5.77. The molecule has 0 unspecified atom stereocenters. The topological polar surface area (TPSA) is 79.5 Å². The molecule has 2 aromatic carbocycles. The molecule has 0 amide bonds. The predicted octanol–water partition coefficient (Wildman–Crippen LogP) is 4.91. The lowest BCUT2D eigenvalue weighted by Crippen LogP contribution is -2.11. The molecule has 0 radical (unpaired) electrons. The second-order valence-electron chi connectivity index (χ2n) is 6.05. The first-order chi connectivity index (χ1) is 12.9. The highest BCUT2D eigenvalue weighted by Crippen LogP contribution is 2.27. The zero-order chi connectivity index (χ0) is 19.8. The zero-order valence-electron chi connectivity index (χ0n) is 15.1. The molecule has 5 nitrogen and oxygen atoms in total. The maximum Gasteiger partial charge on any atom is 0.346 e. The van der Waals surface area contributed by atoms with Gasteiger partial charge in [-0.2, -0.15) is 5.26 Å². The Morgan fingerprint density at radius 1 is 1.19 bits per heavy atom. The van der Waals surface area contributed by atoms with Crippen molar-refractivity contribution < 1.29 is 19.4 Å². The molecule has 0 heterocycles. The number of carbonyl (C=O) groups is 1. The van der Waals surface area contributed by atoms with Gasteiger partial charge in [0.2, 0.25) is 0 Å². The zero-order valence-corrected chi connectivity index (χ0v) is 15.9. The number of benzene rings is 2. The minimum atomic E-state index is -1.31. The SMILES string of the molecule is CC(C)c1ccccc1OCCOc1ccc(Cl)cc1C=C(C#N)C(=O)O. The Labute approximate surface area is 163 Å². The van der Waals surface area contributed by atoms with Crippen molar-refractivity contribution in [3.8, 4) is 17.6 Å². The molecule has 0 spiro atoms. The van der Waals surface area contributed by atoms with Crippen LogP contribution in [0.3, 0.4) is 0 Å². The molecule has 0 aliphatic rings. The predicted molar refractivity (Wildman–Crippen MR) is 104 cm³/mol. The highest BCUT2D eigenvalue weighted by Gasteiger charge is 2.10. The average Bonchev–Trinajstić information content (AvgIpc) is 2.64. The molecular weight excluding hydrogens is 366 g/mol. The molecule has 0 saturated heterocycles. The van der Waals surface area contributed by atoms with Crippen LogP contribution in [0.2, 0.25) is 5.02 Å². The number of halogens is 1. The van der Waals surface area contributed by atoms with Crippen LogP contribution in [-0.2, 0) is 4.79 Å². The van der Waals surface area contributed by atoms with Gasteiger partial charge in [0.25, 0.3) is 0 Å². The summed E-state index contributed by atoms with van der Waals surface area (Å²) in [5, 5.41) is 18.4. The molecule has 0 aliphatic heterocycles. The molecule has 27 heavy (non-hydrogen) atoms. The fourth-order valence-electron chi connectivity index (χ4n) is 2.45. The van der Waals surface area contributed by atoms with Gasteiger partial charge in [0.1, 0.15) is 36.4 Å². The number of hydrogen-bond acceptors (Lipinski definition) is 4. The van der Waals surface area contributed by atoms with E-state index in [0.29, 0.717) is 28.9 Å². The Kier molecular flexibility index (Phi) is 7.27. The highest BCUT2D eigenvalue weighted by molar-refractivity contribution is 6.30. The van der Waals surface area contributed by atoms with E-state index >= 15 is 0 Å². The van der Waals surface area contributed by atoms with E-state index in [1.807, 2.05) is 24.3 Å². The lowest BCUT2D eigenvalue weighted by Gasteiger charge is -2.15. The van der Waals surface area contributed by atoms with Crippen LogP contribution in [0.4, 0.5) is 0 Å². The molecule has 0 aromatic heterocycles. The van der Waals surface area contributed by atoms with Gasteiger partial charge in [0.15, 0.2) is 0 Å². The molecule has 0 atom stereocenters. The largest absolute Gasteiger partial charge is 0.490 e. The van der Waals surface area contributed by atoms with Crippen molar-refractivity contribution >= 4 is 23.6 Å². The van der Waals surface area contributed by atoms with E-state index in [0.717, 1.165) is 11.3 Å². The molecule has 0 bridgehead atoms. The van der Waals surface area contributed by atoms with Gasteiger partial charge < -0.3 is 14.6 Å². The van der Waals surface area contributed by atoms with Crippen LogP contribution in [0.15, 0.2) is 48.0 Å². The third-order valence-corrected chi connectivity index (χ3v) is 4.00. The Morgan fingerprint density at radius 2 is 1.85 bits per heavy atom. The molecule has 2 aromatic rings. The molecule has 0 aliphatic carbocycles. The van der Waals surface area contributed by atoms with Gasteiger partial charge in [-0.15, -0.1) is 0 Å². The summed E-state index contributed by atoms with van der Waals surface area (Å²) in [6.45, 7) is 4.77. The highest BCUT2D eigenvalue weighted by atomic mass is 35.5. The number of hydrogen-bond donors (Lipinski definition) is 1. The maximum absolute atomic E-state index is 11.1. The van der Waals surface area contributed by atoms with Crippen molar-refractivity contribution in [2.75, 3.05) is 13.2 Å². The quantitative estimate of drug-likeness (QED) is 0.396. The van der Waals surface area contributed by atoms with E-state index in [9.17, 15) is 4.79 Å². The van der Waals surface area contributed by atoms with Crippen molar-refractivity contribution in [1.29, 1.82) is 5.26 Å². The maximum atomic E-state index is 11.1. The van der Waals surface area contributed by atoms with Crippen LogP contribution in [0.1, 0.15) is 30.9 Å². The van der Waals surface area contributed by atoms with Crippen LogP contribution < -0.4 is 9.47 Å². The van der Waals surface area contributed by atoms with Crippen LogP contribution in [0.5, 0.6) is 11.5 Å². The number of para-hydroxylation sites is 1. The summed E-state index contributed by atoms with van der Waals surface area (Å²) in [5.74, 6) is 0.270. The van der Waals surface area contributed by atoms with Crippen LogP contribution >= 0.6 is 11.6 Å². The summed E-state index contributed by atoms with van der Waals surface area (Å²) >= 11 is 5.97. The first kappa shape index (κ1) is 20.3. The third-order valence-electron chi connectivity index (χ3n) is 3.76. The van der Waals surface area contributed by atoms with Gasteiger partial charge in [-0.3, -0.25) is 0 Å². The lowest BCUT2D eigenvalue weighted by atomic mass is 10.0. The fraction of sp³-hybridized carbons (Fsp3) is 0.238. The number of carboxylic acids is 1. The van der Waals surface area contributed by atoms with Crippen molar-refractivity contribution in [3.63, 3.8) is 0 Å². The van der Waals surface area contributed by atoms with Crippen molar-refractivity contribution in [1.82, 2.24) is 0 Å². The van der Waals surface area contributed by atoms with E-state index in [4.69, 9.17) is 31.4 Å². The second kappa shape index (κ2) is 9.65. The van der Waals surface area contributed by atoms with Crippen LogP contribution in [-0.4, -0.2) is 24.3 Å². The Bertz CT molecular complexity index is 884. The summed E-state index contributed by atoms with van der Waals surface area (Å²) in [5.41, 5.74) is 1.14. The summed E-state index contributed by atoms with van der Waals surface area (Å²) in [6.07, 6.45) is 1.23. The van der Waals surface area contributed by atoms with Gasteiger partial charge in [-0.25, -0.2) is 4.79 Å². The number of aliphatic carboxylic acids is 1. The summed E-state index contributed by atoms with van der Waals surface area (Å²) in [7, 11) is 0. The van der Waals surface area contributed by atoms with Crippen LogP contribution in [0.25, 0.3) is 6.08 Å². The van der Waals surface area contributed by atoms with E-state index < -0.39 is 11.5 Å². The van der Waals surface area contributed by atoms with E-state index in [1.54, 1.807) is 24.3 Å². The van der Waals surface area contributed by atoms with Gasteiger partial charge in [0, 0.05) is 10.6 Å². The number of carboxylic acid groups (broad SMARTS) is 1. The molecule has 140 valence electrons. The van der Waals surface area contributed by atoms with Crippen molar-refractivity contribution in [3.05, 3.63) is 64.2 Å². The summed E-state index contributed by atoms with van der Waals surface area (Å²) < 4.78 is 11.5. The Balaban J connectivity index is 2.07. The molecule has 6 heteroatoms. The molecule has 0 saturated carbocycles. The summed E-state index contributed by atoms with van der Waals surface area (Å²) in [6, 6.07) is 14.3. The lowest BCUT2D eigenvalue weighted by molar-refractivity contribution is -0.132. The van der Waals surface area contributed by atoms with Gasteiger partial charge in [-0.05, 0) is 41.8 Å². The first-order valence-electron chi connectivity index (χ1n) is 8.41. The number of nitriles is 1. The van der Waals surface area contributed by atoms with Gasteiger partial charge in [0.05, 0.1) is 0 Å². The molecule has 1 N–H and O–H groups in total. The number of rotatable bonds is 8. The fourth-order valence-corrected chi connectivity index (χ4v) is 2.63. The molecular formula is C21H20ClNO4. The first-order valence-corrected chi connectivity index (χ1v) is 8.79. The molecule has 0 fully saturated rings. The average molecular weight is 386 g/mol. The number of nitrogens with zero attached hydrogens (tertiary/aromatic N) is 1. The standard InChI is InChI=1S/C21H20ClNO4/c1-14(2)18-5-3-4-6-20(18)27-10-9-26-19-8-7-17(22)12-15(19)11-16(13-23)21(24)25/h3-8,11-12,14H,9-10H2,1-2H3,(H,24,25). The second-order valence-corrected chi connectivity index (χ2v) is 6.48. The van der Waals surface area contributed by atoms with E-state index in [-0.39, 0.29) is 6.61 Å². The molecule has 2 rings (SSSR count).